The van der Waals surface area contributed by atoms with E-state index in [1.54, 1.807) is 0 Å². The molecular formula is C45H28N4O. The fourth-order valence-corrected chi connectivity index (χ4v) is 7.21. The van der Waals surface area contributed by atoms with Gasteiger partial charge in [0.25, 0.3) is 0 Å². The number of fused-ring (bicyclic) bond motifs is 6. The van der Waals surface area contributed by atoms with Crippen molar-refractivity contribution in [1.29, 1.82) is 0 Å². The summed E-state index contributed by atoms with van der Waals surface area (Å²) in [4.78, 5) is 15.3. The molecule has 0 fully saturated rings. The molecular weight excluding hydrogens is 613 g/mol. The molecule has 0 aliphatic carbocycles. The summed E-state index contributed by atoms with van der Waals surface area (Å²) < 4.78 is 8.72. The summed E-state index contributed by atoms with van der Waals surface area (Å²) in [5.74, 6) is 1.80. The van der Waals surface area contributed by atoms with Crippen molar-refractivity contribution in [3.05, 3.63) is 170 Å². The molecule has 0 aliphatic heterocycles. The van der Waals surface area contributed by atoms with Crippen molar-refractivity contribution >= 4 is 43.7 Å². The number of benzene rings is 7. The van der Waals surface area contributed by atoms with Crippen LogP contribution in [0.3, 0.4) is 0 Å². The second-order valence-electron chi connectivity index (χ2n) is 12.4. The largest absolute Gasteiger partial charge is 0.455 e. The SMILES string of the molecule is c1ccc(-c2nc(-c3cccc(-c4cccc5oc6c(-c7ccccc7)cccc6c45)c3)nc(-n3c4ccccc4c4ccccc43)n2)cc1. The average molecular weight is 641 g/mol. The zero-order valence-electron chi connectivity index (χ0n) is 26.9. The molecule has 10 aromatic rings. The van der Waals surface area contributed by atoms with Crippen LogP contribution in [0.15, 0.2) is 174 Å². The van der Waals surface area contributed by atoms with Gasteiger partial charge in [-0.2, -0.15) is 9.97 Å². The van der Waals surface area contributed by atoms with Gasteiger partial charge < -0.3 is 4.42 Å². The minimum Gasteiger partial charge on any atom is -0.455 e. The molecule has 0 N–H and O–H groups in total. The van der Waals surface area contributed by atoms with E-state index in [0.717, 1.165) is 77.1 Å². The van der Waals surface area contributed by atoms with Gasteiger partial charge in [0.05, 0.1) is 11.0 Å². The monoisotopic (exact) mass is 640 g/mol. The molecule has 0 bridgehead atoms. The van der Waals surface area contributed by atoms with Crippen molar-refractivity contribution in [3.63, 3.8) is 0 Å². The van der Waals surface area contributed by atoms with Crippen LogP contribution in [0.1, 0.15) is 0 Å². The van der Waals surface area contributed by atoms with Crippen LogP contribution in [-0.2, 0) is 0 Å². The predicted molar refractivity (Wildman–Crippen MR) is 203 cm³/mol. The highest BCUT2D eigenvalue weighted by atomic mass is 16.3. The second-order valence-corrected chi connectivity index (χ2v) is 12.4. The first kappa shape index (κ1) is 28.2. The van der Waals surface area contributed by atoms with E-state index in [4.69, 9.17) is 19.4 Å². The molecule has 0 saturated carbocycles. The van der Waals surface area contributed by atoms with Gasteiger partial charge in [0.15, 0.2) is 11.6 Å². The molecule has 0 saturated heterocycles. The fraction of sp³-hybridized carbons (Fsp3) is 0. The Morgan fingerprint density at radius 1 is 0.400 bits per heavy atom. The summed E-state index contributed by atoms with van der Waals surface area (Å²) >= 11 is 0. The van der Waals surface area contributed by atoms with E-state index in [9.17, 15) is 0 Å². The standard InChI is InChI=1S/C45H28N4O/c1-3-14-29(15-4-1)34-23-12-24-37-41-33(22-13-27-40(41)50-42(34)37)31-18-11-19-32(28-31)44-46-43(30-16-5-2-6-17-30)47-45(48-44)49-38-25-9-7-20-35(38)36-21-8-10-26-39(36)49/h1-28H. The summed E-state index contributed by atoms with van der Waals surface area (Å²) in [5, 5.41) is 4.49. The molecule has 0 atom stereocenters. The maximum atomic E-state index is 6.57. The lowest BCUT2D eigenvalue weighted by molar-refractivity contribution is 0.670. The molecule has 0 unspecified atom stereocenters. The molecule has 3 aromatic heterocycles. The summed E-state index contributed by atoms with van der Waals surface area (Å²) in [6.45, 7) is 0. The lowest BCUT2D eigenvalue weighted by Crippen LogP contribution is -2.06. The highest BCUT2D eigenvalue weighted by Crippen LogP contribution is 2.41. The van der Waals surface area contributed by atoms with E-state index in [1.165, 1.54) is 0 Å². The summed E-state index contributed by atoms with van der Waals surface area (Å²) in [7, 11) is 0. The van der Waals surface area contributed by atoms with Gasteiger partial charge in [-0.25, -0.2) is 4.98 Å². The molecule has 3 heterocycles. The van der Waals surface area contributed by atoms with Crippen molar-refractivity contribution in [2.75, 3.05) is 0 Å². The quantitative estimate of drug-likeness (QED) is 0.188. The van der Waals surface area contributed by atoms with Crippen molar-refractivity contribution < 1.29 is 4.42 Å². The van der Waals surface area contributed by atoms with Crippen LogP contribution < -0.4 is 0 Å². The van der Waals surface area contributed by atoms with Crippen molar-refractivity contribution in [3.8, 4) is 51.0 Å². The van der Waals surface area contributed by atoms with Crippen LogP contribution in [0.2, 0.25) is 0 Å². The Hall–Kier alpha value is -6.85. The van der Waals surface area contributed by atoms with Crippen molar-refractivity contribution in [2.45, 2.75) is 0 Å². The van der Waals surface area contributed by atoms with Gasteiger partial charge in [-0.1, -0.05) is 146 Å². The molecule has 5 heteroatoms. The van der Waals surface area contributed by atoms with E-state index in [2.05, 4.69) is 132 Å². The maximum absolute atomic E-state index is 6.57. The van der Waals surface area contributed by atoms with Crippen LogP contribution in [0.4, 0.5) is 0 Å². The number of hydrogen-bond acceptors (Lipinski definition) is 4. The van der Waals surface area contributed by atoms with Crippen LogP contribution in [0, 0.1) is 0 Å². The highest BCUT2D eigenvalue weighted by Gasteiger charge is 2.19. The van der Waals surface area contributed by atoms with Gasteiger partial charge in [-0.15, -0.1) is 0 Å². The van der Waals surface area contributed by atoms with Gasteiger partial charge >= 0.3 is 0 Å². The average Bonchev–Trinajstić information content (AvgIpc) is 3.75. The Kier molecular flexibility index (Phi) is 6.42. The Bertz CT molecular complexity index is 2820. The number of para-hydroxylation sites is 3. The number of nitrogens with zero attached hydrogens (tertiary/aromatic N) is 4. The molecule has 50 heavy (non-hydrogen) atoms. The van der Waals surface area contributed by atoms with Crippen LogP contribution >= 0.6 is 0 Å². The zero-order valence-corrected chi connectivity index (χ0v) is 26.9. The third kappa shape index (κ3) is 4.52. The summed E-state index contributed by atoms with van der Waals surface area (Å²) in [6, 6.07) is 58.5. The zero-order chi connectivity index (χ0) is 33.0. The molecule has 234 valence electrons. The summed E-state index contributed by atoms with van der Waals surface area (Å²) in [6.07, 6.45) is 0. The maximum Gasteiger partial charge on any atom is 0.238 e. The molecule has 0 amide bonds. The first-order chi connectivity index (χ1) is 24.8. The van der Waals surface area contributed by atoms with Gasteiger partial charge in [-0.05, 0) is 41.0 Å². The van der Waals surface area contributed by atoms with E-state index in [1.807, 2.05) is 42.5 Å². The minimum absolute atomic E-state index is 0.577. The van der Waals surface area contributed by atoms with E-state index < -0.39 is 0 Å². The molecule has 7 aromatic carbocycles. The third-order valence-electron chi connectivity index (χ3n) is 9.47. The lowest BCUT2D eigenvalue weighted by atomic mass is 9.96. The number of furan rings is 1. The molecule has 0 radical (unpaired) electrons. The minimum atomic E-state index is 0.577. The predicted octanol–water partition coefficient (Wildman–Crippen LogP) is 11.5. The van der Waals surface area contributed by atoms with E-state index in [0.29, 0.717) is 17.6 Å². The van der Waals surface area contributed by atoms with Crippen LogP contribution in [-0.4, -0.2) is 19.5 Å². The van der Waals surface area contributed by atoms with Crippen LogP contribution in [0.5, 0.6) is 0 Å². The first-order valence-electron chi connectivity index (χ1n) is 16.7. The molecule has 5 nitrogen and oxygen atoms in total. The van der Waals surface area contributed by atoms with Gasteiger partial charge in [0, 0.05) is 38.2 Å². The Morgan fingerprint density at radius 2 is 0.940 bits per heavy atom. The smallest absolute Gasteiger partial charge is 0.238 e. The molecule has 0 aliphatic rings. The Morgan fingerprint density at radius 3 is 1.68 bits per heavy atom. The normalized spacial score (nSPS) is 11.6. The topological polar surface area (TPSA) is 56.7 Å². The third-order valence-corrected chi connectivity index (χ3v) is 9.47. The molecule has 0 spiro atoms. The Balaban J connectivity index is 1.18. The van der Waals surface area contributed by atoms with Gasteiger partial charge in [0.1, 0.15) is 11.2 Å². The van der Waals surface area contributed by atoms with E-state index >= 15 is 0 Å². The highest BCUT2D eigenvalue weighted by molar-refractivity contribution is 6.15. The summed E-state index contributed by atoms with van der Waals surface area (Å²) in [5.41, 5.74) is 10.0. The van der Waals surface area contributed by atoms with Crippen molar-refractivity contribution in [1.82, 2.24) is 19.5 Å². The second kappa shape index (κ2) is 11.4. The van der Waals surface area contributed by atoms with Crippen molar-refractivity contribution in [2.24, 2.45) is 0 Å². The van der Waals surface area contributed by atoms with Crippen LogP contribution in [0.25, 0.3) is 94.7 Å². The Labute approximate surface area is 287 Å². The van der Waals surface area contributed by atoms with Gasteiger partial charge in [0.2, 0.25) is 5.95 Å². The number of aromatic nitrogens is 4. The van der Waals surface area contributed by atoms with E-state index in [-0.39, 0.29) is 0 Å². The number of rotatable bonds is 5. The van der Waals surface area contributed by atoms with Gasteiger partial charge in [-0.3, -0.25) is 4.57 Å². The fourth-order valence-electron chi connectivity index (χ4n) is 7.21. The lowest BCUT2D eigenvalue weighted by Gasteiger charge is -2.12. The molecule has 10 rings (SSSR count). The number of hydrogen-bond donors (Lipinski definition) is 0. The first-order valence-corrected chi connectivity index (χ1v) is 16.7.